The minimum Gasteiger partial charge on any atom is -0.294 e. The molecule has 0 radical (unpaired) electrons. The largest absolute Gasteiger partial charge is 0.294 e. The van der Waals surface area contributed by atoms with E-state index in [0.717, 1.165) is 11.1 Å². The summed E-state index contributed by atoms with van der Waals surface area (Å²) in [4.78, 5) is 12.0. The van der Waals surface area contributed by atoms with Gasteiger partial charge in [-0.05, 0) is 37.1 Å². The third-order valence-corrected chi connectivity index (χ3v) is 3.28. The predicted octanol–water partition coefficient (Wildman–Crippen LogP) is 4.60. The molecule has 1 nitrogen and oxygen atoms in total. The Kier molecular flexibility index (Phi) is 4.33. The van der Waals surface area contributed by atoms with Crippen LogP contribution < -0.4 is 0 Å². The lowest BCUT2D eigenvalue weighted by atomic mass is 10.0. The van der Waals surface area contributed by atoms with E-state index in [1.54, 1.807) is 0 Å². The Hall–Kier alpha value is -1.67. The zero-order chi connectivity index (χ0) is 13.8. The molecule has 0 spiro atoms. The van der Waals surface area contributed by atoms with Crippen LogP contribution in [0.4, 0.5) is 4.39 Å². The molecule has 3 heteroatoms. The number of Topliss-reactive ketones (excluding diaryl/α,β-unsaturated/α-hetero) is 1. The van der Waals surface area contributed by atoms with Gasteiger partial charge in [-0.15, -0.1) is 0 Å². The Morgan fingerprint density at radius 1 is 1.21 bits per heavy atom. The van der Waals surface area contributed by atoms with Crippen LogP contribution in [0.3, 0.4) is 0 Å². The summed E-state index contributed by atoms with van der Waals surface area (Å²) in [7, 11) is 0. The standard InChI is InChI=1S/C16H14ClFO/c1-11-3-2-4-12(9-11)5-8-16(19)14-10-13(18)6-7-15(14)17/h2-4,6-7,9-10H,5,8H2,1H3. The maximum atomic E-state index is 13.1. The van der Waals surface area contributed by atoms with Crippen molar-refractivity contribution in [1.82, 2.24) is 0 Å². The summed E-state index contributed by atoms with van der Waals surface area (Å²) < 4.78 is 13.1. The van der Waals surface area contributed by atoms with E-state index in [9.17, 15) is 9.18 Å². The summed E-state index contributed by atoms with van der Waals surface area (Å²) in [5.74, 6) is -0.575. The molecule has 2 aromatic carbocycles. The van der Waals surface area contributed by atoms with Crippen LogP contribution in [0, 0.1) is 12.7 Å². The molecule has 2 aromatic rings. The number of rotatable bonds is 4. The van der Waals surface area contributed by atoms with Gasteiger partial charge >= 0.3 is 0 Å². The molecule has 0 heterocycles. The van der Waals surface area contributed by atoms with Crippen molar-refractivity contribution in [1.29, 1.82) is 0 Å². The fraction of sp³-hybridized carbons (Fsp3) is 0.188. The molecule has 0 aliphatic heterocycles. The monoisotopic (exact) mass is 276 g/mol. The quantitative estimate of drug-likeness (QED) is 0.746. The highest BCUT2D eigenvalue weighted by Gasteiger charge is 2.11. The average molecular weight is 277 g/mol. The van der Waals surface area contributed by atoms with Crippen LogP contribution in [0.5, 0.6) is 0 Å². The zero-order valence-electron chi connectivity index (χ0n) is 10.6. The predicted molar refractivity (Wildman–Crippen MR) is 75.2 cm³/mol. The number of carbonyl (C=O) groups is 1. The van der Waals surface area contributed by atoms with Gasteiger partial charge in [0.05, 0.1) is 5.02 Å². The van der Waals surface area contributed by atoms with E-state index < -0.39 is 5.82 Å². The fourth-order valence-corrected chi connectivity index (χ4v) is 2.19. The van der Waals surface area contributed by atoms with Crippen molar-refractivity contribution in [3.8, 4) is 0 Å². The summed E-state index contributed by atoms with van der Waals surface area (Å²) in [5.41, 5.74) is 2.52. The van der Waals surface area contributed by atoms with Crippen molar-refractivity contribution in [2.75, 3.05) is 0 Å². The first-order valence-electron chi connectivity index (χ1n) is 6.10. The van der Waals surface area contributed by atoms with Gasteiger partial charge in [0.15, 0.2) is 5.78 Å². The summed E-state index contributed by atoms with van der Waals surface area (Å²) in [6, 6.07) is 11.9. The molecule has 2 rings (SSSR count). The average Bonchev–Trinajstić information content (AvgIpc) is 2.39. The molecule has 98 valence electrons. The van der Waals surface area contributed by atoms with E-state index in [0.29, 0.717) is 17.9 Å². The zero-order valence-corrected chi connectivity index (χ0v) is 11.4. The third-order valence-electron chi connectivity index (χ3n) is 2.95. The number of ketones is 1. The number of aryl methyl sites for hydroxylation is 2. The van der Waals surface area contributed by atoms with E-state index in [1.165, 1.54) is 18.2 Å². The highest BCUT2D eigenvalue weighted by atomic mass is 35.5. The van der Waals surface area contributed by atoms with E-state index in [4.69, 9.17) is 11.6 Å². The summed E-state index contributed by atoms with van der Waals surface area (Å²) in [5, 5.41) is 0.302. The first-order chi connectivity index (χ1) is 9.06. The van der Waals surface area contributed by atoms with E-state index in [2.05, 4.69) is 0 Å². The molecular weight excluding hydrogens is 263 g/mol. The third kappa shape index (κ3) is 3.65. The van der Waals surface area contributed by atoms with Crippen LogP contribution >= 0.6 is 11.6 Å². The number of benzene rings is 2. The lowest BCUT2D eigenvalue weighted by Gasteiger charge is -2.05. The van der Waals surface area contributed by atoms with Crippen molar-refractivity contribution in [3.05, 3.63) is 70.0 Å². The van der Waals surface area contributed by atoms with Crippen LogP contribution in [-0.4, -0.2) is 5.78 Å². The molecular formula is C16H14ClFO. The summed E-state index contributed by atoms with van der Waals surface area (Å²) in [6.07, 6.45) is 0.958. The van der Waals surface area contributed by atoms with Crippen molar-refractivity contribution in [2.24, 2.45) is 0 Å². The minimum atomic E-state index is -0.441. The molecule has 19 heavy (non-hydrogen) atoms. The molecule has 0 amide bonds. The van der Waals surface area contributed by atoms with Crippen molar-refractivity contribution in [2.45, 2.75) is 19.8 Å². The normalized spacial score (nSPS) is 10.5. The van der Waals surface area contributed by atoms with Crippen LogP contribution in [-0.2, 0) is 6.42 Å². The van der Waals surface area contributed by atoms with E-state index in [-0.39, 0.29) is 11.3 Å². The molecule has 0 bridgehead atoms. The van der Waals surface area contributed by atoms with E-state index in [1.807, 2.05) is 31.2 Å². The Labute approximate surface area is 117 Å². The van der Waals surface area contributed by atoms with E-state index >= 15 is 0 Å². The second-order valence-electron chi connectivity index (χ2n) is 4.54. The molecule has 0 aromatic heterocycles. The van der Waals surface area contributed by atoms with Gasteiger partial charge in [0.1, 0.15) is 5.82 Å². The second kappa shape index (κ2) is 5.98. The summed E-state index contributed by atoms with van der Waals surface area (Å²) >= 11 is 5.91. The van der Waals surface area contributed by atoms with Gasteiger partial charge in [-0.1, -0.05) is 41.4 Å². The number of hydrogen-bond donors (Lipinski definition) is 0. The Balaban J connectivity index is 2.07. The smallest absolute Gasteiger partial charge is 0.164 e. The van der Waals surface area contributed by atoms with Gasteiger partial charge in [0.25, 0.3) is 0 Å². The maximum Gasteiger partial charge on any atom is 0.164 e. The molecule has 0 atom stereocenters. The molecule has 0 saturated carbocycles. The fourth-order valence-electron chi connectivity index (χ4n) is 1.97. The summed E-state index contributed by atoms with van der Waals surface area (Å²) in [6.45, 7) is 2.01. The van der Waals surface area contributed by atoms with Gasteiger partial charge in [-0.3, -0.25) is 4.79 Å². The lowest BCUT2D eigenvalue weighted by molar-refractivity contribution is 0.0982. The first-order valence-corrected chi connectivity index (χ1v) is 6.48. The Morgan fingerprint density at radius 2 is 2.00 bits per heavy atom. The van der Waals surface area contributed by atoms with Gasteiger partial charge in [0, 0.05) is 12.0 Å². The van der Waals surface area contributed by atoms with Gasteiger partial charge < -0.3 is 0 Å². The van der Waals surface area contributed by atoms with Crippen molar-refractivity contribution >= 4 is 17.4 Å². The van der Waals surface area contributed by atoms with Crippen molar-refractivity contribution in [3.63, 3.8) is 0 Å². The first kappa shape index (κ1) is 13.8. The second-order valence-corrected chi connectivity index (χ2v) is 4.94. The van der Waals surface area contributed by atoms with Crippen LogP contribution in [0.2, 0.25) is 5.02 Å². The van der Waals surface area contributed by atoms with Gasteiger partial charge in [-0.2, -0.15) is 0 Å². The molecule has 0 aliphatic rings. The van der Waals surface area contributed by atoms with Gasteiger partial charge in [0.2, 0.25) is 0 Å². The number of carbonyl (C=O) groups excluding carboxylic acids is 1. The van der Waals surface area contributed by atoms with Crippen LogP contribution in [0.1, 0.15) is 27.9 Å². The number of hydrogen-bond acceptors (Lipinski definition) is 1. The topological polar surface area (TPSA) is 17.1 Å². The molecule has 0 aliphatic carbocycles. The molecule has 0 fully saturated rings. The highest BCUT2D eigenvalue weighted by molar-refractivity contribution is 6.33. The lowest BCUT2D eigenvalue weighted by Crippen LogP contribution is -2.03. The van der Waals surface area contributed by atoms with Crippen molar-refractivity contribution < 1.29 is 9.18 Å². The van der Waals surface area contributed by atoms with Crippen LogP contribution in [0.15, 0.2) is 42.5 Å². The Bertz CT molecular complexity index is 607. The Morgan fingerprint density at radius 3 is 2.74 bits per heavy atom. The minimum absolute atomic E-state index is 0.133. The molecule has 0 unspecified atom stereocenters. The van der Waals surface area contributed by atoms with Gasteiger partial charge in [-0.25, -0.2) is 4.39 Å². The maximum absolute atomic E-state index is 13.1. The van der Waals surface area contributed by atoms with Crippen LogP contribution in [0.25, 0.3) is 0 Å². The number of halogens is 2. The SMILES string of the molecule is Cc1cccc(CCC(=O)c2cc(F)ccc2Cl)c1. The highest BCUT2D eigenvalue weighted by Crippen LogP contribution is 2.19. The molecule has 0 saturated heterocycles. The molecule has 0 N–H and O–H groups in total.